The van der Waals surface area contributed by atoms with Crippen molar-refractivity contribution in [3.8, 4) is 0 Å². The van der Waals surface area contributed by atoms with Crippen LogP contribution in [0.2, 0.25) is 0 Å². The standard InChI is InChI=1S/C15H17N3O2/c1-9-13(6-7-20-9)18-15(19)12-8-17-14(16)11-5-3-2-4-10(11)12/h2-5,8-9,13H,6-7H2,1H3,(H2,16,17)(H,18,19). The van der Waals surface area contributed by atoms with Gasteiger partial charge in [0.05, 0.1) is 17.7 Å². The van der Waals surface area contributed by atoms with Crippen LogP contribution in [-0.2, 0) is 4.74 Å². The van der Waals surface area contributed by atoms with Crippen LogP contribution in [0.25, 0.3) is 10.8 Å². The van der Waals surface area contributed by atoms with E-state index in [-0.39, 0.29) is 18.1 Å². The number of carbonyl (C=O) groups is 1. The zero-order valence-corrected chi connectivity index (χ0v) is 11.3. The molecule has 0 saturated carbocycles. The smallest absolute Gasteiger partial charge is 0.253 e. The van der Waals surface area contributed by atoms with E-state index in [1.807, 2.05) is 31.2 Å². The number of rotatable bonds is 2. The van der Waals surface area contributed by atoms with Crippen LogP contribution in [0, 0.1) is 0 Å². The molecule has 1 aliphatic heterocycles. The zero-order chi connectivity index (χ0) is 14.1. The van der Waals surface area contributed by atoms with E-state index < -0.39 is 0 Å². The number of amides is 1. The molecule has 2 atom stereocenters. The first-order chi connectivity index (χ1) is 9.66. The second kappa shape index (κ2) is 5.09. The Hall–Kier alpha value is -2.14. The van der Waals surface area contributed by atoms with Crippen molar-refractivity contribution in [3.05, 3.63) is 36.0 Å². The molecule has 5 heteroatoms. The van der Waals surface area contributed by atoms with Gasteiger partial charge in [-0.25, -0.2) is 4.98 Å². The van der Waals surface area contributed by atoms with E-state index in [0.29, 0.717) is 18.0 Å². The Bertz CT molecular complexity index is 657. The molecule has 1 fully saturated rings. The number of anilines is 1. The van der Waals surface area contributed by atoms with Gasteiger partial charge in [0.2, 0.25) is 0 Å². The average Bonchev–Trinajstić information content (AvgIpc) is 2.85. The predicted molar refractivity (Wildman–Crippen MR) is 77.4 cm³/mol. The number of nitrogens with two attached hydrogens (primary N) is 1. The number of fused-ring (bicyclic) bond motifs is 1. The van der Waals surface area contributed by atoms with Crippen molar-refractivity contribution in [2.24, 2.45) is 0 Å². The third-order valence-corrected chi connectivity index (χ3v) is 3.76. The van der Waals surface area contributed by atoms with Gasteiger partial charge in [0.15, 0.2) is 0 Å². The van der Waals surface area contributed by atoms with Gasteiger partial charge in [0.1, 0.15) is 5.82 Å². The maximum Gasteiger partial charge on any atom is 0.253 e. The van der Waals surface area contributed by atoms with Gasteiger partial charge in [-0.15, -0.1) is 0 Å². The Morgan fingerprint density at radius 3 is 2.85 bits per heavy atom. The number of aromatic nitrogens is 1. The largest absolute Gasteiger partial charge is 0.383 e. The van der Waals surface area contributed by atoms with Crippen molar-refractivity contribution in [2.45, 2.75) is 25.5 Å². The third kappa shape index (κ3) is 2.20. The molecule has 104 valence electrons. The minimum atomic E-state index is -0.129. The highest BCUT2D eigenvalue weighted by Crippen LogP contribution is 2.23. The second-order valence-corrected chi connectivity index (χ2v) is 5.05. The van der Waals surface area contributed by atoms with Crippen LogP contribution in [0.3, 0.4) is 0 Å². The summed E-state index contributed by atoms with van der Waals surface area (Å²) in [6, 6.07) is 7.58. The Morgan fingerprint density at radius 1 is 1.40 bits per heavy atom. The van der Waals surface area contributed by atoms with E-state index in [1.165, 1.54) is 6.20 Å². The summed E-state index contributed by atoms with van der Waals surface area (Å²) in [5.74, 6) is 0.311. The molecule has 2 unspecified atom stereocenters. The Labute approximate surface area is 117 Å². The third-order valence-electron chi connectivity index (χ3n) is 3.76. The first-order valence-electron chi connectivity index (χ1n) is 6.72. The molecule has 2 aromatic rings. The minimum Gasteiger partial charge on any atom is -0.383 e. The van der Waals surface area contributed by atoms with Crippen molar-refractivity contribution >= 4 is 22.5 Å². The van der Waals surface area contributed by atoms with Crippen molar-refractivity contribution in [2.75, 3.05) is 12.3 Å². The number of benzene rings is 1. The topological polar surface area (TPSA) is 77.2 Å². The molecule has 1 aliphatic rings. The summed E-state index contributed by atoms with van der Waals surface area (Å²) in [6.45, 7) is 2.66. The Balaban J connectivity index is 1.94. The monoisotopic (exact) mass is 271 g/mol. The highest BCUT2D eigenvalue weighted by molar-refractivity contribution is 6.09. The fourth-order valence-electron chi connectivity index (χ4n) is 2.56. The minimum absolute atomic E-state index is 0.0481. The lowest BCUT2D eigenvalue weighted by Crippen LogP contribution is -2.39. The number of carbonyl (C=O) groups excluding carboxylic acids is 1. The van der Waals surface area contributed by atoms with Crippen molar-refractivity contribution in [1.82, 2.24) is 10.3 Å². The van der Waals surface area contributed by atoms with E-state index in [2.05, 4.69) is 10.3 Å². The van der Waals surface area contributed by atoms with Crippen LogP contribution in [0.4, 0.5) is 5.82 Å². The molecule has 3 rings (SSSR count). The average molecular weight is 271 g/mol. The molecule has 0 bridgehead atoms. The number of pyridine rings is 1. The summed E-state index contributed by atoms with van der Waals surface area (Å²) in [6.07, 6.45) is 2.42. The summed E-state index contributed by atoms with van der Waals surface area (Å²) < 4.78 is 5.46. The molecule has 5 nitrogen and oxygen atoms in total. The van der Waals surface area contributed by atoms with Gasteiger partial charge in [-0.2, -0.15) is 0 Å². The molecule has 1 aromatic carbocycles. The lowest BCUT2D eigenvalue weighted by Gasteiger charge is -2.16. The molecule has 0 aliphatic carbocycles. The highest BCUT2D eigenvalue weighted by Gasteiger charge is 2.26. The Morgan fingerprint density at radius 2 is 2.15 bits per heavy atom. The quantitative estimate of drug-likeness (QED) is 0.872. The molecular weight excluding hydrogens is 254 g/mol. The molecular formula is C15H17N3O2. The van der Waals surface area contributed by atoms with E-state index in [0.717, 1.165) is 17.2 Å². The summed E-state index contributed by atoms with van der Waals surface area (Å²) >= 11 is 0. The zero-order valence-electron chi connectivity index (χ0n) is 11.3. The van der Waals surface area contributed by atoms with E-state index in [9.17, 15) is 4.79 Å². The molecule has 1 saturated heterocycles. The van der Waals surface area contributed by atoms with Gasteiger partial charge < -0.3 is 15.8 Å². The van der Waals surface area contributed by atoms with Crippen LogP contribution in [0.1, 0.15) is 23.7 Å². The summed E-state index contributed by atoms with van der Waals surface area (Å²) in [7, 11) is 0. The number of hydrogen-bond donors (Lipinski definition) is 2. The van der Waals surface area contributed by atoms with Gasteiger partial charge in [-0.05, 0) is 18.7 Å². The molecule has 2 heterocycles. The first-order valence-corrected chi connectivity index (χ1v) is 6.72. The van der Waals surface area contributed by atoms with Gasteiger partial charge in [0.25, 0.3) is 5.91 Å². The number of nitrogens with zero attached hydrogens (tertiary/aromatic N) is 1. The maximum atomic E-state index is 12.4. The lowest BCUT2D eigenvalue weighted by molar-refractivity contribution is 0.0867. The van der Waals surface area contributed by atoms with Crippen LogP contribution in [0.15, 0.2) is 30.5 Å². The maximum absolute atomic E-state index is 12.4. The van der Waals surface area contributed by atoms with E-state index >= 15 is 0 Å². The predicted octanol–water partition coefficient (Wildman–Crippen LogP) is 1.72. The number of nitrogen functional groups attached to an aromatic ring is 1. The van der Waals surface area contributed by atoms with Gasteiger partial charge in [0, 0.05) is 18.2 Å². The lowest BCUT2D eigenvalue weighted by atomic mass is 10.1. The molecule has 3 N–H and O–H groups in total. The SMILES string of the molecule is CC1OCCC1NC(=O)c1cnc(N)c2ccccc12. The van der Waals surface area contributed by atoms with Crippen molar-refractivity contribution in [1.29, 1.82) is 0 Å². The van der Waals surface area contributed by atoms with Crippen molar-refractivity contribution in [3.63, 3.8) is 0 Å². The van der Waals surface area contributed by atoms with Gasteiger partial charge in [-0.3, -0.25) is 4.79 Å². The molecule has 1 aromatic heterocycles. The van der Waals surface area contributed by atoms with Crippen LogP contribution in [-0.4, -0.2) is 29.6 Å². The normalized spacial score (nSPS) is 22.1. The number of ether oxygens (including phenoxy) is 1. The van der Waals surface area contributed by atoms with Gasteiger partial charge >= 0.3 is 0 Å². The van der Waals surface area contributed by atoms with Crippen molar-refractivity contribution < 1.29 is 9.53 Å². The molecule has 0 spiro atoms. The molecule has 20 heavy (non-hydrogen) atoms. The molecule has 1 amide bonds. The first kappa shape index (κ1) is 12.9. The number of hydrogen-bond acceptors (Lipinski definition) is 4. The highest BCUT2D eigenvalue weighted by atomic mass is 16.5. The summed E-state index contributed by atoms with van der Waals surface area (Å²) in [4.78, 5) is 16.5. The van der Waals surface area contributed by atoms with Gasteiger partial charge in [-0.1, -0.05) is 24.3 Å². The fourth-order valence-corrected chi connectivity index (χ4v) is 2.56. The van der Waals surface area contributed by atoms with Crippen LogP contribution in [0.5, 0.6) is 0 Å². The molecule has 0 radical (unpaired) electrons. The Kier molecular flexibility index (Phi) is 3.28. The van der Waals surface area contributed by atoms with E-state index in [1.54, 1.807) is 0 Å². The fraction of sp³-hybridized carbons (Fsp3) is 0.333. The summed E-state index contributed by atoms with van der Waals surface area (Å²) in [5, 5.41) is 4.64. The second-order valence-electron chi connectivity index (χ2n) is 5.05. The number of nitrogens with one attached hydrogen (secondary N) is 1. The van der Waals surface area contributed by atoms with E-state index in [4.69, 9.17) is 10.5 Å². The summed E-state index contributed by atoms with van der Waals surface area (Å²) in [5.41, 5.74) is 6.40. The van der Waals surface area contributed by atoms with Crippen LogP contribution < -0.4 is 11.1 Å². The van der Waals surface area contributed by atoms with Crippen LogP contribution >= 0.6 is 0 Å².